The fourth-order valence-electron chi connectivity index (χ4n) is 2.91. The van der Waals surface area contributed by atoms with Crippen LogP contribution in [0.15, 0.2) is 72.8 Å². The number of carbonyl (C=O) groups is 1. The largest absolute Gasteiger partial charge is 0.490 e. The third kappa shape index (κ3) is 6.28. The van der Waals surface area contributed by atoms with Crippen molar-refractivity contribution in [3.05, 3.63) is 83.9 Å². The zero-order valence-corrected chi connectivity index (χ0v) is 16.8. The van der Waals surface area contributed by atoms with Crippen LogP contribution in [0.2, 0.25) is 0 Å². The Kier molecular flexibility index (Phi) is 7.11. The summed E-state index contributed by atoms with van der Waals surface area (Å²) in [6, 6.07) is 23.1. The Hall–Kier alpha value is -3.47. The Morgan fingerprint density at radius 3 is 2.14 bits per heavy atom. The fourth-order valence-corrected chi connectivity index (χ4v) is 2.91. The molecular weight excluding hydrogens is 364 g/mol. The molecule has 150 valence electrons. The van der Waals surface area contributed by atoms with Crippen molar-refractivity contribution in [3.63, 3.8) is 0 Å². The molecule has 0 radical (unpaired) electrons. The molecule has 0 fully saturated rings. The third-order valence-electron chi connectivity index (χ3n) is 4.40. The first-order valence-electron chi connectivity index (χ1n) is 9.62. The van der Waals surface area contributed by atoms with Crippen LogP contribution >= 0.6 is 0 Å². The number of benzene rings is 3. The number of rotatable bonds is 9. The van der Waals surface area contributed by atoms with Gasteiger partial charge in [-0.2, -0.15) is 0 Å². The van der Waals surface area contributed by atoms with Crippen molar-refractivity contribution in [3.8, 4) is 11.5 Å². The predicted molar refractivity (Wildman–Crippen MR) is 117 cm³/mol. The van der Waals surface area contributed by atoms with Gasteiger partial charge in [0.15, 0.2) is 0 Å². The van der Waals surface area contributed by atoms with Gasteiger partial charge in [0.25, 0.3) is 0 Å². The van der Waals surface area contributed by atoms with Gasteiger partial charge >= 0.3 is 0 Å². The van der Waals surface area contributed by atoms with Gasteiger partial charge in [0.1, 0.15) is 24.7 Å². The van der Waals surface area contributed by atoms with E-state index in [9.17, 15) is 4.79 Å². The Bertz CT molecular complexity index is 922. The fraction of sp³-hybridized carbons (Fsp3) is 0.208. The second kappa shape index (κ2) is 10.2. The molecule has 5 nitrogen and oxygen atoms in total. The molecule has 0 spiro atoms. The highest BCUT2D eigenvalue weighted by atomic mass is 16.5. The van der Waals surface area contributed by atoms with Gasteiger partial charge < -0.3 is 20.1 Å². The van der Waals surface area contributed by atoms with Crippen molar-refractivity contribution in [2.45, 2.75) is 13.8 Å². The zero-order valence-electron chi connectivity index (χ0n) is 16.8. The van der Waals surface area contributed by atoms with E-state index in [0.717, 1.165) is 34.0 Å². The molecule has 0 atom stereocenters. The van der Waals surface area contributed by atoms with Crippen LogP contribution < -0.4 is 20.1 Å². The molecule has 0 aliphatic carbocycles. The first-order valence-corrected chi connectivity index (χ1v) is 9.62. The quantitative estimate of drug-likeness (QED) is 0.515. The summed E-state index contributed by atoms with van der Waals surface area (Å²) in [6.07, 6.45) is 0. The highest BCUT2D eigenvalue weighted by Crippen LogP contribution is 2.20. The number of hydrogen-bond donors (Lipinski definition) is 2. The molecule has 0 aromatic heterocycles. The Labute approximate surface area is 171 Å². The minimum absolute atomic E-state index is 0.0926. The van der Waals surface area contributed by atoms with E-state index in [1.54, 1.807) is 0 Å². The number of nitrogens with one attached hydrogen (secondary N) is 2. The molecule has 0 saturated carbocycles. The number of ether oxygens (including phenoxy) is 2. The molecule has 5 heteroatoms. The first kappa shape index (κ1) is 20.3. The lowest BCUT2D eigenvalue weighted by molar-refractivity contribution is -0.114. The number of hydrogen-bond acceptors (Lipinski definition) is 4. The summed E-state index contributed by atoms with van der Waals surface area (Å²) in [5.74, 6) is 1.45. The van der Waals surface area contributed by atoms with Crippen molar-refractivity contribution in [2.75, 3.05) is 30.4 Å². The minimum Gasteiger partial charge on any atom is -0.490 e. The maximum absolute atomic E-state index is 12.3. The van der Waals surface area contributed by atoms with Gasteiger partial charge in [-0.1, -0.05) is 42.5 Å². The van der Waals surface area contributed by atoms with Gasteiger partial charge in [-0.05, 0) is 49.2 Å². The Morgan fingerprint density at radius 1 is 0.793 bits per heavy atom. The lowest BCUT2D eigenvalue weighted by Crippen LogP contribution is -2.22. The van der Waals surface area contributed by atoms with Crippen LogP contribution in [0.25, 0.3) is 0 Å². The summed E-state index contributed by atoms with van der Waals surface area (Å²) in [6.45, 7) is 5.04. The SMILES string of the molecule is Cc1cccc(C)c1NC(=O)CNc1cccc(OCCOc2ccccc2)c1. The van der Waals surface area contributed by atoms with Crippen LogP contribution in [-0.2, 0) is 4.79 Å². The molecule has 0 unspecified atom stereocenters. The van der Waals surface area contributed by atoms with Crippen LogP contribution in [0.1, 0.15) is 11.1 Å². The minimum atomic E-state index is -0.0926. The van der Waals surface area contributed by atoms with Crippen LogP contribution in [0.3, 0.4) is 0 Å². The van der Waals surface area contributed by atoms with Gasteiger partial charge in [0.2, 0.25) is 5.91 Å². The maximum atomic E-state index is 12.3. The smallest absolute Gasteiger partial charge is 0.243 e. The van der Waals surface area contributed by atoms with Gasteiger partial charge in [0.05, 0.1) is 6.54 Å². The van der Waals surface area contributed by atoms with E-state index in [-0.39, 0.29) is 12.5 Å². The zero-order chi connectivity index (χ0) is 20.5. The number of anilines is 2. The predicted octanol–water partition coefficient (Wildman–Crippen LogP) is 4.81. The van der Waals surface area contributed by atoms with Crippen LogP contribution in [0.4, 0.5) is 11.4 Å². The summed E-state index contributed by atoms with van der Waals surface area (Å²) in [7, 11) is 0. The average Bonchev–Trinajstić information content (AvgIpc) is 2.74. The number of aryl methyl sites for hydroxylation is 2. The van der Waals surface area contributed by atoms with Gasteiger partial charge in [0, 0.05) is 17.4 Å². The molecule has 3 aromatic rings. The van der Waals surface area contributed by atoms with Gasteiger partial charge in [-0.25, -0.2) is 0 Å². The lowest BCUT2D eigenvalue weighted by atomic mass is 10.1. The molecule has 0 saturated heterocycles. The molecule has 1 amide bonds. The average molecular weight is 390 g/mol. The highest BCUT2D eigenvalue weighted by Gasteiger charge is 2.07. The number of para-hydroxylation sites is 2. The van der Waals surface area contributed by atoms with Crippen molar-refractivity contribution in [2.24, 2.45) is 0 Å². The molecule has 0 aliphatic heterocycles. The summed E-state index contributed by atoms with van der Waals surface area (Å²) in [4.78, 5) is 12.3. The first-order chi connectivity index (χ1) is 14.1. The molecule has 29 heavy (non-hydrogen) atoms. The van der Waals surface area contributed by atoms with E-state index in [2.05, 4.69) is 10.6 Å². The number of amides is 1. The number of carbonyl (C=O) groups excluding carboxylic acids is 1. The van der Waals surface area contributed by atoms with Gasteiger partial charge in [-0.3, -0.25) is 4.79 Å². The Morgan fingerprint density at radius 2 is 1.41 bits per heavy atom. The second-order valence-electron chi connectivity index (χ2n) is 6.71. The second-order valence-corrected chi connectivity index (χ2v) is 6.71. The van der Waals surface area contributed by atoms with E-state index in [1.165, 1.54) is 0 Å². The summed E-state index contributed by atoms with van der Waals surface area (Å²) in [5, 5.41) is 6.11. The van der Waals surface area contributed by atoms with Crippen molar-refractivity contribution < 1.29 is 14.3 Å². The summed E-state index contributed by atoms with van der Waals surface area (Å²) < 4.78 is 11.4. The van der Waals surface area contributed by atoms with Crippen molar-refractivity contribution in [1.29, 1.82) is 0 Å². The molecule has 3 rings (SSSR count). The normalized spacial score (nSPS) is 10.3. The summed E-state index contributed by atoms with van der Waals surface area (Å²) >= 11 is 0. The van der Waals surface area contributed by atoms with E-state index in [0.29, 0.717) is 13.2 Å². The van der Waals surface area contributed by atoms with Crippen LogP contribution in [0.5, 0.6) is 11.5 Å². The van der Waals surface area contributed by atoms with Gasteiger partial charge in [-0.15, -0.1) is 0 Å². The van der Waals surface area contributed by atoms with Crippen LogP contribution in [0, 0.1) is 13.8 Å². The molecule has 0 bridgehead atoms. The van der Waals surface area contributed by atoms with Crippen LogP contribution in [-0.4, -0.2) is 25.7 Å². The highest BCUT2D eigenvalue weighted by molar-refractivity contribution is 5.95. The standard InChI is InChI=1S/C24H26N2O3/c1-18-8-6-9-19(2)24(18)26-23(27)17-25-20-10-7-13-22(16-20)29-15-14-28-21-11-4-3-5-12-21/h3-13,16,25H,14-15,17H2,1-2H3,(H,26,27). The molecular formula is C24H26N2O3. The lowest BCUT2D eigenvalue weighted by Gasteiger charge is -2.13. The topological polar surface area (TPSA) is 59.6 Å². The summed E-state index contributed by atoms with van der Waals surface area (Å²) in [5.41, 5.74) is 3.79. The van der Waals surface area contributed by atoms with E-state index >= 15 is 0 Å². The molecule has 2 N–H and O–H groups in total. The Balaban J connectivity index is 1.45. The molecule has 3 aromatic carbocycles. The molecule has 0 aliphatic rings. The maximum Gasteiger partial charge on any atom is 0.243 e. The van der Waals surface area contributed by atoms with Crippen molar-refractivity contribution in [1.82, 2.24) is 0 Å². The van der Waals surface area contributed by atoms with Crippen molar-refractivity contribution >= 4 is 17.3 Å². The third-order valence-corrected chi connectivity index (χ3v) is 4.40. The van der Waals surface area contributed by atoms with E-state index in [4.69, 9.17) is 9.47 Å². The monoisotopic (exact) mass is 390 g/mol. The molecule has 0 heterocycles. The van der Waals surface area contributed by atoms with E-state index < -0.39 is 0 Å². The van der Waals surface area contributed by atoms with E-state index in [1.807, 2.05) is 86.6 Å².